The number of hydrogen-bond donors (Lipinski definition) is 0. The highest BCUT2D eigenvalue weighted by molar-refractivity contribution is 5.71. The zero-order valence-electron chi connectivity index (χ0n) is 44.4. The Morgan fingerprint density at radius 2 is 0.552 bits per heavy atom. The van der Waals surface area contributed by atoms with Crippen molar-refractivity contribution in [1.82, 2.24) is 0 Å². The Hall–Kier alpha value is -2.89. The zero-order chi connectivity index (χ0) is 48.6. The van der Waals surface area contributed by atoms with Crippen molar-refractivity contribution in [3.05, 3.63) is 60.8 Å². The molecule has 0 aromatic rings. The second-order valence-electron chi connectivity index (χ2n) is 19.2. The lowest BCUT2D eigenvalue weighted by Gasteiger charge is -2.18. The van der Waals surface area contributed by atoms with Crippen LogP contribution < -0.4 is 0 Å². The van der Waals surface area contributed by atoms with Gasteiger partial charge in [0.1, 0.15) is 13.2 Å². The summed E-state index contributed by atoms with van der Waals surface area (Å²) < 4.78 is 16.8. The molecule has 0 aromatic heterocycles. The fraction of sp³-hybridized carbons (Fsp3) is 0.787. The van der Waals surface area contributed by atoms with Gasteiger partial charge < -0.3 is 14.2 Å². The first-order valence-electron chi connectivity index (χ1n) is 28.8. The molecule has 0 aromatic carbocycles. The highest BCUT2D eigenvalue weighted by Crippen LogP contribution is 2.16. The summed E-state index contributed by atoms with van der Waals surface area (Å²) in [7, 11) is 0. The van der Waals surface area contributed by atoms with Crippen LogP contribution in [-0.2, 0) is 28.6 Å². The van der Waals surface area contributed by atoms with Gasteiger partial charge in [0.05, 0.1) is 0 Å². The molecular formula is C61H108O6. The van der Waals surface area contributed by atoms with Gasteiger partial charge in [0, 0.05) is 19.3 Å². The number of hydrogen-bond acceptors (Lipinski definition) is 6. The van der Waals surface area contributed by atoms with Crippen LogP contribution in [0.5, 0.6) is 0 Å². The van der Waals surface area contributed by atoms with Gasteiger partial charge in [-0.25, -0.2) is 0 Å². The monoisotopic (exact) mass is 937 g/mol. The van der Waals surface area contributed by atoms with Crippen LogP contribution >= 0.6 is 0 Å². The number of esters is 3. The van der Waals surface area contributed by atoms with E-state index in [1.807, 2.05) is 0 Å². The standard InChI is InChI=1S/C61H108O6/c1-4-7-10-13-16-19-22-25-28-30-33-36-39-42-45-48-51-54-60(63)66-57-58(56-65-59(62)53-50-47-44-41-38-35-32-27-24-21-18-15-12-9-6-3)67-61(64)55-52-49-46-43-40-37-34-31-29-26-23-20-17-14-11-8-5-2/h16,19,25,27-28,32-33,36,42,45,58H,4-15,17-18,20-24,26,29-31,34-35,37-41,43-44,46-57H2,1-3H3/b19-16-,28-25-,32-27-,36-33-,45-42-/t58-/m0/s1. The van der Waals surface area contributed by atoms with Gasteiger partial charge >= 0.3 is 17.9 Å². The molecule has 0 aliphatic heterocycles. The van der Waals surface area contributed by atoms with E-state index in [4.69, 9.17) is 14.2 Å². The first-order chi connectivity index (χ1) is 33.0. The second-order valence-corrected chi connectivity index (χ2v) is 19.2. The molecule has 0 aliphatic rings. The minimum atomic E-state index is -0.797. The number of ether oxygens (including phenoxy) is 3. The van der Waals surface area contributed by atoms with Gasteiger partial charge in [0.15, 0.2) is 6.10 Å². The average Bonchev–Trinajstić information content (AvgIpc) is 3.33. The number of unbranched alkanes of at least 4 members (excludes halogenated alkanes) is 31. The van der Waals surface area contributed by atoms with Crippen LogP contribution in [0.25, 0.3) is 0 Å². The van der Waals surface area contributed by atoms with Gasteiger partial charge in [-0.3, -0.25) is 14.4 Å². The highest BCUT2D eigenvalue weighted by Gasteiger charge is 2.19. The Morgan fingerprint density at radius 1 is 0.299 bits per heavy atom. The van der Waals surface area contributed by atoms with Crippen molar-refractivity contribution in [1.29, 1.82) is 0 Å². The lowest BCUT2D eigenvalue weighted by atomic mass is 10.0. The van der Waals surface area contributed by atoms with E-state index in [0.717, 1.165) is 70.6 Å². The van der Waals surface area contributed by atoms with Crippen molar-refractivity contribution in [2.75, 3.05) is 13.2 Å². The summed E-state index contributed by atoms with van der Waals surface area (Å²) in [5.74, 6) is -0.947. The molecule has 0 unspecified atom stereocenters. The van der Waals surface area contributed by atoms with Crippen LogP contribution in [0.3, 0.4) is 0 Å². The number of carbonyl (C=O) groups is 3. The third kappa shape index (κ3) is 53.9. The topological polar surface area (TPSA) is 78.9 Å². The molecule has 0 rings (SSSR count). The maximum Gasteiger partial charge on any atom is 0.306 e. The third-order valence-corrected chi connectivity index (χ3v) is 12.5. The molecule has 0 fully saturated rings. The average molecular weight is 938 g/mol. The molecule has 67 heavy (non-hydrogen) atoms. The van der Waals surface area contributed by atoms with Gasteiger partial charge in [0.25, 0.3) is 0 Å². The molecule has 0 radical (unpaired) electrons. The Kier molecular flexibility index (Phi) is 53.3. The second kappa shape index (κ2) is 55.7. The third-order valence-electron chi connectivity index (χ3n) is 12.5. The van der Waals surface area contributed by atoms with Crippen LogP contribution in [-0.4, -0.2) is 37.2 Å². The molecule has 0 heterocycles. The van der Waals surface area contributed by atoms with Gasteiger partial charge in [-0.2, -0.15) is 0 Å². The van der Waals surface area contributed by atoms with E-state index in [1.54, 1.807) is 0 Å². The lowest BCUT2D eigenvalue weighted by molar-refractivity contribution is -0.167. The molecule has 0 aliphatic carbocycles. The first-order valence-corrected chi connectivity index (χ1v) is 28.8. The quantitative estimate of drug-likeness (QED) is 0.0262. The Labute approximate surface area is 415 Å². The normalized spacial score (nSPS) is 12.5. The van der Waals surface area contributed by atoms with Gasteiger partial charge in [0.2, 0.25) is 0 Å². The Bertz CT molecular complexity index is 1210. The smallest absolute Gasteiger partial charge is 0.306 e. The number of carbonyl (C=O) groups excluding carboxylic acids is 3. The SMILES string of the molecule is CCCCC/C=C\C/C=C\C/C=C\C/C=C\CCCC(=O)OC[C@H](COC(=O)CCCCCCC/C=C\CCCCCCCC)OC(=O)CCCCCCCCCCCCCCCCCCC. The molecular weight excluding hydrogens is 829 g/mol. The lowest BCUT2D eigenvalue weighted by Crippen LogP contribution is -2.30. The molecule has 0 saturated heterocycles. The summed E-state index contributed by atoms with van der Waals surface area (Å²) >= 11 is 0. The van der Waals surface area contributed by atoms with Crippen LogP contribution in [0.2, 0.25) is 0 Å². The molecule has 0 bridgehead atoms. The van der Waals surface area contributed by atoms with Crippen LogP contribution in [0.1, 0.15) is 290 Å². The molecule has 1 atom stereocenters. The molecule has 388 valence electrons. The minimum Gasteiger partial charge on any atom is -0.462 e. The molecule has 0 saturated carbocycles. The van der Waals surface area contributed by atoms with Crippen molar-refractivity contribution in [3.63, 3.8) is 0 Å². The van der Waals surface area contributed by atoms with E-state index < -0.39 is 6.10 Å². The minimum absolute atomic E-state index is 0.0931. The summed E-state index contributed by atoms with van der Waals surface area (Å²) in [5.41, 5.74) is 0. The molecule has 0 amide bonds. The van der Waals surface area contributed by atoms with Crippen molar-refractivity contribution in [3.8, 4) is 0 Å². The molecule has 0 spiro atoms. The van der Waals surface area contributed by atoms with Crippen molar-refractivity contribution < 1.29 is 28.6 Å². The molecule has 6 nitrogen and oxygen atoms in total. The molecule has 0 N–H and O–H groups in total. The maximum atomic E-state index is 12.9. The fourth-order valence-electron chi connectivity index (χ4n) is 8.14. The van der Waals surface area contributed by atoms with Crippen molar-refractivity contribution >= 4 is 17.9 Å². The fourth-order valence-corrected chi connectivity index (χ4v) is 8.14. The maximum absolute atomic E-state index is 12.9. The summed E-state index contributed by atoms with van der Waals surface area (Å²) in [6, 6.07) is 0. The highest BCUT2D eigenvalue weighted by atomic mass is 16.6. The van der Waals surface area contributed by atoms with Crippen LogP contribution in [0.4, 0.5) is 0 Å². The first kappa shape index (κ1) is 64.1. The summed E-state index contributed by atoms with van der Waals surface area (Å²) in [4.78, 5) is 38.1. The van der Waals surface area contributed by atoms with E-state index in [1.165, 1.54) is 173 Å². The Morgan fingerprint density at radius 3 is 0.940 bits per heavy atom. The van der Waals surface area contributed by atoms with Crippen LogP contribution in [0.15, 0.2) is 60.8 Å². The zero-order valence-corrected chi connectivity index (χ0v) is 44.4. The van der Waals surface area contributed by atoms with E-state index >= 15 is 0 Å². The van der Waals surface area contributed by atoms with E-state index in [0.29, 0.717) is 19.3 Å². The largest absolute Gasteiger partial charge is 0.462 e. The van der Waals surface area contributed by atoms with Crippen LogP contribution in [0, 0.1) is 0 Å². The van der Waals surface area contributed by atoms with Gasteiger partial charge in [-0.05, 0) is 83.5 Å². The number of allylic oxidation sites excluding steroid dienone is 10. The predicted molar refractivity (Wildman–Crippen MR) is 288 cm³/mol. The van der Waals surface area contributed by atoms with E-state index in [9.17, 15) is 14.4 Å². The summed E-state index contributed by atoms with van der Waals surface area (Å²) in [5, 5.41) is 0. The van der Waals surface area contributed by atoms with E-state index in [2.05, 4.69) is 81.5 Å². The van der Waals surface area contributed by atoms with Crippen molar-refractivity contribution in [2.45, 2.75) is 297 Å². The Balaban J connectivity index is 4.45. The molecule has 6 heteroatoms. The van der Waals surface area contributed by atoms with Gasteiger partial charge in [-0.15, -0.1) is 0 Å². The number of rotatable bonds is 52. The van der Waals surface area contributed by atoms with E-state index in [-0.39, 0.29) is 37.5 Å². The predicted octanol–water partition coefficient (Wildman–Crippen LogP) is 19.2. The summed E-state index contributed by atoms with van der Waals surface area (Å²) in [6.45, 7) is 6.58. The van der Waals surface area contributed by atoms with Crippen molar-refractivity contribution in [2.24, 2.45) is 0 Å². The summed E-state index contributed by atoms with van der Waals surface area (Å²) in [6.07, 6.45) is 69.3. The van der Waals surface area contributed by atoms with Gasteiger partial charge in [-0.1, -0.05) is 248 Å².